The van der Waals surface area contributed by atoms with Gasteiger partial charge in [0.15, 0.2) is 11.0 Å². The number of nitrogens with zero attached hydrogens (tertiary/aromatic N) is 5. The van der Waals surface area contributed by atoms with Gasteiger partial charge >= 0.3 is 0 Å². The van der Waals surface area contributed by atoms with Gasteiger partial charge in [-0.25, -0.2) is 4.39 Å². The maximum absolute atomic E-state index is 13.1. The van der Waals surface area contributed by atoms with E-state index in [1.54, 1.807) is 12.1 Å². The van der Waals surface area contributed by atoms with E-state index in [1.165, 1.54) is 23.9 Å². The van der Waals surface area contributed by atoms with Crippen molar-refractivity contribution in [1.82, 2.24) is 25.0 Å². The van der Waals surface area contributed by atoms with Crippen LogP contribution >= 0.6 is 11.8 Å². The lowest BCUT2D eigenvalue weighted by Crippen LogP contribution is -1.98. The fourth-order valence-electron chi connectivity index (χ4n) is 2.79. The molecule has 2 aromatic heterocycles. The first-order valence-electron chi connectivity index (χ1n) is 8.74. The second-order valence-electron chi connectivity index (χ2n) is 6.39. The van der Waals surface area contributed by atoms with E-state index in [4.69, 9.17) is 4.42 Å². The highest BCUT2D eigenvalue weighted by molar-refractivity contribution is 7.99. The lowest BCUT2D eigenvalue weighted by atomic mass is 10.1. The molecule has 0 fully saturated rings. The van der Waals surface area contributed by atoms with Crippen molar-refractivity contribution in [3.05, 3.63) is 65.8 Å². The third-order valence-electron chi connectivity index (χ3n) is 4.38. The van der Waals surface area contributed by atoms with E-state index < -0.39 is 0 Å². The zero-order valence-corrected chi connectivity index (χ0v) is 16.4. The highest BCUT2D eigenvalue weighted by atomic mass is 32.2. The molecule has 0 aliphatic heterocycles. The first-order chi connectivity index (χ1) is 13.5. The molecule has 2 aromatic carbocycles. The lowest BCUT2D eigenvalue weighted by Gasteiger charge is -2.08. The van der Waals surface area contributed by atoms with Gasteiger partial charge in [0.25, 0.3) is 0 Å². The quantitative estimate of drug-likeness (QED) is 0.451. The molecule has 0 radical (unpaired) electrons. The van der Waals surface area contributed by atoms with Crippen molar-refractivity contribution in [1.29, 1.82) is 0 Å². The van der Waals surface area contributed by atoms with Crippen LogP contribution in [0.5, 0.6) is 0 Å². The molecule has 4 rings (SSSR count). The fraction of sp³-hybridized carbons (Fsp3) is 0.200. The van der Waals surface area contributed by atoms with Gasteiger partial charge in [-0.3, -0.25) is 0 Å². The molecule has 0 saturated carbocycles. The van der Waals surface area contributed by atoms with Gasteiger partial charge < -0.3 is 8.98 Å². The summed E-state index contributed by atoms with van der Waals surface area (Å²) in [5.74, 6) is 1.34. The van der Waals surface area contributed by atoms with Gasteiger partial charge in [0.05, 0.1) is 5.25 Å². The van der Waals surface area contributed by atoms with E-state index >= 15 is 0 Å². The predicted molar refractivity (Wildman–Crippen MR) is 105 cm³/mol. The average Bonchev–Trinajstić information content (AvgIpc) is 3.31. The van der Waals surface area contributed by atoms with Crippen LogP contribution in [-0.2, 0) is 7.05 Å². The summed E-state index contributed by atoms with van der Waals surface area (Å²) in [5.41, 5.74) is 2.87. The summed E-state index contributed by atoms with van der Waals surface area (Å²) in [6.07, 6.45) is 0. The Balaban J connectivity index is 1.54. The van der Waals surface area contributed by atoms with Crippen LogP contribution in [0.15, 0.2) is 58.1 Å². The molecule has 0 bridgehead atoms. The largest absolute Gasteiger partial charge is 0.419 e. The van der Waals surface area contributed by atoms with Crippen LogP contribution in [0.1, 0.15) is 23.6 Å². The molecule has 0 amide bonds. The third kappa shape index (κ3) is 3.55. The first-order valence-corrected chi connectivity index (χ1v) is 9.62. The van der Waals surface area contributed by atoms with Crippen molar-refractivity contribution < 1.29 is 8.81 Å². The summed E-state index contributed by atoms with van der Waals surface area (Å²) in [4.78, 5) is 0. The second kappa shape index (κ2) is 7.55. The minimum atomic E-state index is -0.306. The maximum Gasteiger partial charge on any atom is 0.247 e. The van der Waals surface area contributed by atoms with Crippen molar-refractivity contribution in [3.8, 4) is 22.8 Å². The first kappa shape index (κ1) is 18.4. The molecule has 0 aliphatic rings. The topological polar surface area (TPSA) is 69.6 Å². The number of hydrogen-bond donors (Lipinski definition) is 0. The van der Waals surface area contributed by atoms with Crippen molar-refractivity contribution >= 4 is 11.8 Å². The monoisotopic (exact) mass is 395 g/mol. The molecule has 1 atom stereocenters. The van der Waals surface area contributed by atoms with E-state index in [0.29, 0.717) is 17.3 Å². The van der Waals surface area contributed by atoms with Crippen LogP contribution in [0.2, 0.25) is 0 Å². The van der Waals surface area contributed by atoms with Gasteiger partial charge in [-0.15, -0.1) is 20.4 Å². The van der Waals surface area contributed by atoms with E-state index in [9.17, 15) is 4.39 Å². The number of aryl methyl sites for hydroxylation is 1. The van der Waals surface area contributed by atoms with Gasteiger partial charge in [-0.05, 0) is 43.7 Å². The summed E-state index contributed by atoms with van der Waals surface area (Å²) in [5, 5.41) is 17.5. The Morgan fingerprint density at radius 3 is 2.50 bits per heavy atom. The minimum absolute atomic E-state index is 0.116. The third-order valence-corrected chi connectivity index (χ3v) is 5.50. The van der Waals surface area contributed by atoms with E-state index in [-0.39, 0.29) is 11.1 Å². The van der Waals surface area contributed by atoms with Gasteiger partial charge in [-0.1, -0.05) is 36.0 Å². The Bertz CT molecular complexity index is 1110. The average molecular weight is 395 g/mol. The number of benzene rings is 2. The standard InChI is InChI=1S/C20H18FN5OS/c1-12-6-4-5-7-16(12)17-22-25-20(26(17)3)28-13(2)18-23-24-19(27-18)14-8-10-15(21)11-9-14/h4-11,13H,1-3H3/t13-/m1/s1. The molecule has 0 unspecified atom stereocenters. The van der Waals surface area contributed by atoms with Crippen LogP contribution in [0.25, 0.3) is 22.8 Å². The molecule has 8 heteroatoms. The summed E-state index contributed by atoms with van der Waals surface area (Å²) in [6, 6.07) is 14.0. The van der Waals surface area contributed by atoms with Crippen LogP contribution in [0.4, 0.5) is 4.39 Å². The van der Waals surface area contributed by atoms with Gasteiger partial charge in [0.2, 0.25) is 11.8 Å². The minimum Gasteiger partial charge on any atom is -0.419 e. The zero-order valence-electron chi connectivity index (χ0n) is 15.6. The molecule has 4 aromatic rings. The fourth-order valence-corrected chi connectivity index (χ4v) is 3.64. The van der Waals surface area contributed by atoms with Crippen molar-refractivity contribution in [2.24, 2.45) is 7.05 Å². The molecule has 0 aliphatic carbocycles. The Morgan fingerprint density at radius 1 is 1.00 bits per heavy atom. The Kier molecular flexibility index (Phi) is 4.95. The van der Waals surface area contributed by atoms with Crippen molar-refractivity contribution in [2.75, 3.05) is 0 Å². The molecule has 6 nitrogen and oxygen atoms in total. The predicted octanol–water partition coefficient (Wildman–Crippen LogP) is 4.83. The zero-order chi connectivity index (χ0) is 19.7. The van der Waals surface area contributed by atoms with Gasteiger partial charge in [-0.2, -0.15) is 0 Å². The normalized spacial score (nSPS) is 12.3. The number of hydrogen-bond acceptors (Lipinski definition) is 6. The Labute approximate surface area is 165 Å². The maximum atomic E-state index is 13.1. The van der Waals surface area contributed by atoms with Crippen LogP contribution in [0, 0.1) is 12.7 Å². The van der Waals surface area contributed by atoms with Gasteiger partial charge in [0.1, 0.15) is 5.82 Å². The second-order valence-corrected chi connectivity index (χ2v) is 7.70. The molecule has 142 valence electrons. The highest BCUT2D eigenvalue weighted by Gasteiger charge is 2.20. The molecule has 0 N–H and O–H groups in total. The number of rotatable bonds is 5. The molecule has 2 heterocycles. The summed E-state index contributed by atoms with van der Waals surface area (Å²) < 4.78 is 20.8. The van der Waals surface area contributed by atoms with E-state index in [1.807, 2.05) is 36.7 Å². The number of thioether (sulfide) groups is 1. The molecular weight excluding hydrogens is 377 g/mol. The van der Waals surface area contributed by atoms with Crippen LogP contribution < -0.4 is 0 Å². The lowest BCUT2D eigenvalue weighted by molar-refractivity contribution is 0.508. The summed E-state index contributed by atoms with van der Waals surface area (Å²) in [6.45, 7) is 4.02. The number of halogens is 1. The summed E-state index contributed by atoms with van der Waals surface area (Å²) in [7, 11) is 1.94. The molecular formula is C20H18FN5OS. The van der Waals surface area contributed by atoms with E-state index in [2.05, 4.69) is 33.4 Å². The molecule has 0 spiro atoms. The Hall–Kier alpha value is -3.00. The van der Waals surface area contributed by atoms with Crippen molar-refractivity contribution in [2.45, 2.75) is 24.3 Å². The molecule has 0 saturated heterocycles. The van der Waals surface area contributed by atoms with Crippen LogP contribution in [0.3, 0.4) is 0 Å². The van der Waals surface area contributed by atoms with E-state index in [0.717, 1.165) is 22.1 Å². The highest BCUT2D eigenvalue weighted by Crippen LogP contribution is 2.35. The van der Waals surface area contributed by atoms with Crippen LogP contribution in [-0.4, -0.2) is 25.0 Å². The summed E-state index contributed by atoms with van der Waals surface area (Å²) >= 11 is 1.49. The smallest absolute Gasteiger partial charge is 0.247 e. The SMILES string of the molecule is Cc1ccccc1-c1nnc(S[C@H](C)c2nnc(-c3ccc(F)cc3)o2)n1C. The van der Waals surface area contributed by atoms with Gasteiger partial charge in [0, 0.05) is 18.2 Å². The number of aromatic nitrogens is 5. The molecule has 28 heavy (non-hydrogen) atoms. The van der Waals surface area contributed by atoms with Crippen molar-refractivity contribution in [3.63, 3.8) is 0 Å². The Morgan fingerprint density at radius 2 is 1.75 bits per heavy atom.